The summed E-state index contributed by atoms with van der Waals surface area (Å²) in [4.78, 5) is 4.22. The molecular formula is C13H23N3. The van der Waals surface area contributed by atoms with Crippen LogP contribution in [0.5, 0.6) is 0 Å². The van der Waals surface area contributed by atoms with E-state index in [2.05, 4.69) is 35.6 Å². The Morgan fingerprint density at radius 1 is 1.56 bits per heavy atom. The Morgan fingerprint density at radius 2 is 2.38 bits per heavy atom. The average molecular weight is 221 g/mol. The first kappa shape index (κ1) is 11.6. The molecule has 2 rings (SSSR count). The standard InChI is InChI=1S/C13H23N3/c1-4-5-11-6-13(11)15-8-12-7-14-9-16(12)10(2)3/h7,9-11,13,15H,4-6,8H2,1-3H3. The molecule has 1 N–H and O–H groups in total. The molecule has 1 saturated carbocycles. The van der Waals surface area contributed by atoms with Gasteiger partial charge in [0.25, 0.3) is 0 Å². The molecule has 0 aliphatic heterocycles. The van der Waals surface area contributed by atoms with Crippen molar-refractivity contribution in [2.45, 2.75) is 58.7 Å². The van der Waals surface area contributed by atoms with Gasteiger partial charge in [-0.1, -0.05) is 13.3 Å². The Hall–Kier alpha value is -0.830. The highest BCUT2D eigenvalue weighted by atomic mass is 15.1. The lowest BCUT2D eigenvalue weighted by molar-refractivity contribution is 0.536. The molecule has 1 aliphatic rings. The topological polar surface area (TPSA) is 29.9 Å². The Bertz CT molecular complexity index is 330. The van der Waals surface area contributed by atoms with E-state index in [-0.39, 0.29) is 0 Å². The SMILES string of the molecule is CCCC1CC1NCc1cncn1C(C)C. The molecule has 1 aromatic rings. The Balaban J connectivity index is 1.80. The van der Waals surface area contributed by atoms with Crippen LogP contribution in [0.4, 0.5) is 0 Å². The molecular weight excluding hydrogens is 198 g/mol. The summed E-state index contributed by atoms with van der Waals surface area (Å²) >= 11 is 0. The molecule has 90 valence electrons. The van der Waals surface area contributed by atoms with E-state index in [9.17, 15) is 0 Å². The highest BCUT2D eigenvalue weighted by molar-refractivity contribution is 5.02. The van der Waals surface area contributed by atoms with Crippen LogP contribution in [0.1, 0.15) is 51.8 Å². The normalized spacial score (nSPS) is 24.0. The van der Waals surface area contributed by atoms with Crippen molar-refractivity contribution in [1.82, 2.24) is 14.9 Å². The molecule has 16 heavy (non-hydrogen) atoms. The largest absolute Gasteiger partial charge is 0.331 e. The molecule has 2 atom stereocenters. The van der Waals surface area contributed by atoms with Gasteiger partial charge in [-0.15, -0.1) is 0 Å². The molecule has 0 bridgehead atoms. The van der Waals surface area contributed by atoms with Crippen LogP contribution in [0.3, 0.4) is 0 Å². The van der Waals surface area contributed by atoms with E-state index in [4.69, 9.17) is 0 Å². The van der Waals surface area contributed by atoms with Crippen molar-refractivity contribution in [2.24, 2.45) is 5.92 Å². The van der Waals surface area contributed by atoms with Crippen molar-refractivity contribution in [1.29, 1.82) is 0 Å². The highest BCUT2D eigenvalue weighted by Crippen LogP contribution is 2.34. The molecule has 1 fully saturated rings. The summed E-state index contributed by atoms with van der Waals surface area (Å²) in [5.41, 5.74) is 1.30. The number of imidazole rings is 1. The second-order valence-electron chi connectivity index (χ2n) is 5.16. The van der Waals surface area contributed by atoms with Crippen LogP contribution < -0.4 is 5.32 Å². The van der Waals surface area contributed by atoms with Gasteiger partial charge in [0.2, 0.25) is 0 Å². The second kappa shape index (κ2) is 5.00. The monoisotopic (exact) mass is 221 g/mol. The molecule has 0 aromatic carbocycles. The molecule has 3 nitrogen and oxygen atoms in total. The first-order chi connectivity index (χ1) is 7.72. The zero-order chi connectivity index (χ0) is 11.5. The zero-order valence-electron chi connectivity index (χ0n) is 10.6. The van der Waals surface area contributed by atoms with Gasteiger partial charge < -0.3 is 9.88 Å². The van der Waals surface area contributed by atoms with Crippen molar-refractivity contribution in [3.05, 3.63) is 18.2 Å². The summed E-state index contributed by atoms with van der Waals surface area (Å²) in [5.74, 6) is 0.931. The summed E-state index contributed by atoms with van der Waals surface area (Å²) in [6.45, 7) is 7.62. The van der Waals surface area contributed by atoms with Gasteiger partial charge in [0, 0.05) is 24.8 Å². The second-order valence-corrected chi connectivity index (χ2v) is 5.16. The third-order valence-electron chi connectivity index (χ3n) is 3.43. The minimum atomic E-state index is 0.505. The first-order valence-electron chi connectivity index (χ1n) is 6.46. The summed E-state index contributed by atoms with van der Waals surface area (Å²) < 4.78 is 2.24. The maximum Gasteiger partial charge on any atom is 0.0951 e. The van der Waals surface area contributed by atoms with E-state index < -0.39 is 0 Å². The maximum absolute atomic E-state index is 4.22. The maximum atomic E-state index is 4.22. The van der Waals surface area contributed by atoms with Crippen molar-refractivity contribution in [2.75, 3.05) is 0 Å². The van der Waals surface area contributed by atoms with Gasteiger partial charge in [-0.05, 0) is 32.6 Å². The predicted molar refractivity (Wildman–Crippen MR) is 66.3 cm³/mol. The van der Waals surface area contributed by atoms with Crippen molar-refractivity contribution >= 4 is 0 Å². The number of rotatable bonds is 6. The van der Waals surface area contributed by atoms with Crippen molar-refractivity contribution in [3.63, 3.8) is 0 Å². The minimum absolute atomic E-state index is 0.505. The molecule has 1 aliphatic carbocycles. The fourth-order valence-electron chi connectivity index (χ4n) is 2.36. The van der Waals surface area contributed by atoms with E-state index in [1.54, 1.807) is 0 Å². The number of hydrogen-bond acceptors (Lipinski definition) is 2. The van der Waals surface area contributed by atoms with Gasteiger partial charge >= 0.3 is 0 Å². The van der Waals surface area contributed by atoms with Crippen LogP contribution in [-0.4, -0.2) is 15.6 Å². The van der Waals surface area contributed by atoms with Crippen LogP contribution in [-0.2, 0) is 6.54 Å². The van der Waals surface area contributed by atoms with E-state index in [1.807, 2.05) is 12.5 Å². The number of nitrogens with zero attached hydrogens (tertiary/aromatic N) is 2. The average Bonchev–Trinajstić information content (AvgIpc) is 2.80. The van der Waals surface area contributed by atoms with E-state index in [0.717, 1.165) is 18.5 Å². The fourth-order valence-corrected chi connectivity index (χ4v) is 2.36. The fraction of sp³-hybridized carbons (Fsp3) is 0.769. The number of hydrogen-bond donors (Lipinski definition) is 1. The van der Waals surface area contributed by atoms with Crippen LogP contribution >= 0.6 is 0 Å². The van der Waals surface area contributed by atoms with Crippen LogP contribution in [0, 0.1) is 5.92 Å². The Kier molecular flexibility index (Phi) is 3.64. The summed E-state index contributed by atoms with van der Waals surface area (Å²) in [7, 11) is 0. The molecule has 0 spiro atoms. The lowest BCUT2D eigenvalue weighted by Crippen LogP contribution is -2.20. The quantitative estimate of drug-likeness (QED) is 0.800. The molecule has 2 unspecified atom stereocenters. The van der Waals surface area contributed by atoms with E-state index >= 15 is 0 Å². The number of nitrogens with one attached hydrogen (secondary N) is 1. The van der Waals surface area contributed by atoms with Gasteiger partial charge in [-0.3, -0.25) is 0 Å². The molecule has 3 heteroatoms. The molecule has 0 saturated heterocycles. The highest BCUT2D eigenvalue weighted by Gasteiger charge is 2.35. The molecule has 0 amide bonds. The van der Waals surface area contributed by atoms with Gasteiger partial charge in [0.1, 0.15) is 0 Å². The lowest BCUT2D eigenvalue weighted by atomic mass is 10.2. The Morgan fingerprint density at radius 3 is 3.06 bits per heavy atom. The molecule has 0 radical (unpaired) electrons. The van der Waals surface area contributed by atoms with Gasteiger partial charge in [-0.25, -0.2) is 4.98 Å². The smallest absolute Gasteiger partial charge is 0.0951 e. The van der Waals surface area contributed by atoms with E-state index in [0.29, 0.717) is 6.04 Å². The number of aromatic nitrogens is 2. The third-order valence-corrected chi connectivity index (χ3v) is 3.43. The lowest BCUT2D eigenvalue weighted by Gasteiger charge is -2.12. The van der Waals surface area contributed by atoms with Crippen LogP contribution in [0.15, 0.2) is 12.5 Å². The summed E-state index contributed by atoms with van der Waals surface area (Å²) in [6.07, 6.45) is 7.96. The summed E-state index contributed by atoms with van der Waals surface area (Å²) in [6, 6.07) is 1.26. The minimum Gasteiger partial charge on any atom is -0.331 e. The predicted octanol–water partition coefficient (Wildman–Crippen LogP) is 2.74. The van der Waals surface area contributed by atoms with Gasteiger partial charge in [0.15, 0.2) is 0 Å². The van der Waals surface area contributed by atoms with Crippen molar-refractivity contribution in [3.8, 4) is 0 Å². The van der Waals surface area contributed by atoms with Gasteiger partial charge in [0.05, 0.1) is 12.0 Å². The summed E-state index contributed by atoms with van der Waals surface area (Å²) in [5, 5.41) is 3.63. The Labute approximate surface area is 98.3 Å². The van der Waals surface area contributed by atoms with Gasteiger partial charge in [-0.2, -0.15) is 0 Å². The van der Waals surface area contributed by atoms with Crippen LogP contribution in [0.25, 0.3) is 0 Å². The zero-order valence-corrected chi connectivity index (χ0v) is 10.6. The van der Waals surface area contributed by atoms with Crippen molar-refractivity contribution < 1.29 is 0 Å². The third kappa shape index (κ3) is 2.64. The van der Waals surface area contributed by atoms with E-state index in [1.165, 1.54) is 25.0 Å². The molecule has 1 heterocycles. The van der Waals surface area contributed by atoms with Crippen LogP contribution in [0.2, 0.25) is 0 Å². The molecule has 1 aromatic heterocycles. The first-order valence-corrected chi connectivity index (χ1v) is 6.46.